The lowest BCUT2D eigenvalue weighted by Gasteiger charge is -2.16. The molecule has 0 saturated carbocycles. The maximum Gasteiger partial charge on any atom is 0.243 e. The smallest absolute Gasteiger partial charge is 0.243 e. The second-order valence-electron chi connectivity index (χ2n) is 3.68. The van der Waals surface area contributed by atoms with Gasteiger partial charge < -0.3 is 4.74 Å². The number of rotatable bonds is 7. The topological polar surface area (TPSA) is 55.4 Å². The summed E-state index contributed by atoms with van der Waals surface area (Å²) in [5.41, 5.74) is 0. The molecule has 0 aliphatic carbocycles. The molecule has 0 fully saturated rings. The summed E-state index contributed by atoms with van der Waals surface area (Å²) in [6, 6.07) is 4.70. The molecule has 0 radical (unpaired) electrons. The number of nitrogens with one attached hydrogen (secondary N) is 1. The molecule has 0 aliphatic heterocycles. The first-order valence-electron chi connectivity index (χ1n) is 5.33. The van der Waals surface area contributed by atoms with E-state index in [1.54, 1.807) is 0 Å². The zero-order valence-electron chi connectivity index (χ0n) is 9.90. The van der Waals surface area contributed by atoms with Crippen molar-refractivity contribution in [2.75, 3.05) is 19.6 Å². The minimum Gasteiger partial charge on any atom is -0.385 e. The first-order chi connectivity index (χ1) is 8.51. The second-order valence-corrected chi connectivity index (χ2v) is 5.68. The Labute approximate surface area is 111 Å². The van der Waals surface area contributed by atoms with E-state index in [-0.39, 0.29) is 10.8 Å². The fraction of sp³-hybridized carbons (Fsp3) is 0.455. The Morgan fingerprint density at radius 2 is 2.11 bits per heavy atom. The highest BCUT2D eigenvalue weighted by molar-refractivity contribution is 7.89. The van der Waals surface area contributed by atoms with E-state index in [4.69, 9.17) is 16.3 Å². The van der Waals surface area contributed by atoms with Gasteiger partial charge in [-0.2, -0.15) is 0 Å². The van der Waals surface area contributed by atoms with Crippen LogP contribution in [-0.2, 0) is 14.8 Å². The summed E-state index contributed by atoms with van der Waals surface area (Å²) in [5.74, 6) is -0.693. The largest absolute Gasteiger partial charge is 0.385 e. The average Bonchev–Trinajstić information content (AvgIpc) is 2.34. The Hall–Kier alpha value is -0.690. The van der Waals surface area contributed by atoms with E-state index < -0.39 is 21.9 Å². The molecule has 1 N–H and O–H groups in total. The van der Waals surface area contributed by atoms with Crippen molar-refractivity contribution in [3.63, 3.8) is 0 Å². The maximum atomic E-state index is 13.4. The minimum atomic E-state index is -3.90. The highest BCUT2D eigenvalue weighted by Gasteiger charge is 2.22. The van der Waals surface area contributed by atoms with E-state index in [1.807, 2.05) is 0 Å². The number of hydrogen-bond acceptors (Lipinski definition) is 3. The number of sulfonamides is 1. The number of benzene rings is 1. The van der Waals surface area contributed by atoms with E-state index in [0.29, 0.717) is 13.0 Å². The summed E-state index contributed by atoms with van der Waals surface area (Å²) in [7, 11) is -2.39. The van der Waals surface area contributed by atoms with Crippen molar-refractivity contribution in [3.05, 3.63) is 30.1 Å². The maximum absolute atomic E-state index is 13.4. The molecule has 1 aromatic rings. The van der Waals surface area contributed by atoms with Crippen LogP contribution in [-0.4, -0.2) is 34.1 Å². The third-order valence-electron chi connectivity index (χ3n) is 2.30. The zero-order valence-corrected chi connectivity index (χ0v) is 11.5. The highest BCUT2D eigenvalue weighted by Crippen LogP contribution is 2.14. The molecule has 0 heterocycles. The van der Waals surface area contributed by atoms with Gasteiger partial charge in [0, 0.05) is 25.6 Å². The van der Waals surface area contributed by atoms with Crippen LogP contribution in [0.4, 0.5) is 4.39 Å². The molecule has 1 unspecified atom stereocenters. The Morgan fingerprint density at radius 3 is 2.67 bits per heavy atom. The van der Waals surface area contributed by atoms with Gasteiger partial charge in [-0.1, -0.05) is 12.1 Å². The first-order valence-corrected chi connectivity index (χ1v) is 7.34. The van der Waals surface area contributed by atoms with Crippen LogP contribution in [0.15, 0.2) is 29.2 Å². The highest BCUT2D eigenvalue weighted by atomic mass is 35.5. The lowest BCUT2D eigenvalue weighted by Crippen LogP contribution is -2.37. The minimum absolute atomic E-state index is 0.0943. The SMILES string of the molecule is COCCC(CCl)NS(=O)(=O)c1ccccc1F. The Bertz CT molecular complexity index is 481. The van der Waals surface area contributed by atoms with E-state index in [1.165, 1.54) is 25.3 Å². The van der Waals surface area contributed by atoms with Gasteiger partial charge in [0.2, 0.25) is 10.0 Å². The van der Waals surface area contributed by atoms with Crippen LogP contribution in [0.3, 0.4) is 0 Å². The first kappa shape index (κ1) is 15.4. The quantitative estimate of drug-likeness (QED) is 0.780. The lowest BCUT2D eigenvalue weighted by molar-refractivity contribution is 0.188. The molecule has 1 aromatic carbocycles. The van der Waals surface area contributed by atoms with Crippen molar-refractivity contribution in [1.29, 1.82) is 0 Å². The lowest BCUT2D eigenvalue weighted by atomic mass is 10.3. The summed E-state index contributed by atoms with van der Waals surface area (Å²) in [6.45, 7) is 0.372. The predicted molar refractivity (Wildman–Crippen MR) is 67.7 cm³/mol. The van der Waals surface area contributed by atoms with Crippen LogP contribution in [0.2, 0.25) is 0 Å². The Balaban J connectivity index is 2.84. The molecule has 1 rings (SSSR count). The van der Waals surface area contributed by atoms with Gasteiger partial charge in [0.1, 0.15) is 10.7 Å². The van der Waals surface area contributed by atoms with Crippen LogP contribution in [0.25, 0.3) is 0 Å². The second kappa shape index (κ2) is 7.04. The van der Waals surface area contributed by atoms with Gasteiger partial charge in [-0.15, -0.1) is 11.6 Å². The van der Waals surface area contributed by atoms with Crippen LogP contribution in [0.5, 0.6) is 0 Å². The molecular weight excluding hydrogens is 281 g/mol. The van der Waals surface area contributed by atoms with E-state index >= 15 is 0 Å². The molecule has 7 heteroatoms. The fourth-order valence-electron chi connectivity index (χ4n) is 1.37. The molecule has 102 valence electrons. The van der Waals surface area contributed by atoms with Crippen molar-refractivity contribution >= 4 is 21.6 Å². The van der Waals surface area contributed by atoms with Gasteiger partial charge in [0.25, 0.3) is 0 Å². The summed E-state index contributed by atoms with van der Waals surface area (Å²) < 4.78 is 44.5. The molecule has 0 aromatic heterocycles. The molecule has 4 nitrogen and oxygen atoms in total. The number of methoxy groups -OCH3 is 1. The summed E-state index contributed by atoms with van der Waals surface area (Å²) in [6.07, 6.45) is 0.424. The van der Waals surface area contributed by atoms with Gasteiger partial charge >= 0.3 is 0 Å². The van der Waals surface area contributed by atoms with Crippen molar-refractivity contribution in [1.82, 2.24) is 4.72 Å². The third-order valence-corrected chi connectivity index (χ3v) is 4.23. The van der Waals surface area contributed by atoms with Gasteiger partial charge in [0.05, 0.1) is 0 Å². The van der Waals surface area contributed by atoms with Crippen LogP contribution in [0, 0.1) is 5.82 Å². The zero-order chi connectivity index (χ0) is 13.6. The Kier molecular flexibility index (Phi) is 6.01. The van der Waals surface area contributed by atoms with Gasteiger partial charge in [-0.3, -0.25) is 0 Å². The van der Waals surface area contributed by atoms with E-state index in [2.05, 4.69) is 4.72 Å². The molecule has 0 bridgehead atoms. The normalized spacial score (nSPS) is 13.5. The molecule has 1 atom stereocenters. The number of ether oxygens (including phenoxy) is 1. The molecule has 0 amide bonds. The number of hydrogen-bond donors (Lipinski definition) is 1. The molecule has 0 saturated heterocycles. The van der Waals surface area contributed by atoms with E-state index in [9.17, 15) is 12.8 Å². The van der Waals surface area contributed by atoms with Crippen LogP contribution >= 0.6 is 11.6 Å². The molecular formula is C11H15ClFNO3S. The van der Waals surface area contributed by atoms with Crippen molar-refractivity contribution in [3.8, 4) is 0 Å². The molecule has 0 spiro atoms. The average molecular weight is 296 g/mol. The van der Waals surface area contributed by atoms with Gasteiger partial charge in [-0.05, 0) is 18.6 Å². The summed E-state index contributed by atoms with van der Waals surface area (Å²) >= 11 is 5.66. The molecule has 18 heavy (non-hydrogen) atoms. The fourth-order valence-corrected chi connectivity index (χ4v) is 3.05. The van der Waals surface area contributed by atoms with Crippen LogP contribution < -0.4 is 4.72 Å². The number of alkyl halides is 1. The molecule has 0 aliphatic rings. The van der Waals surface area contributed by atoms with E-state index in [0.717, 1.165) is 6.07 Å². The number of halogens is 2. The van der Waals surface area contributed by atoms with Gasteiger partial charge in [0.15, 0.2) is 0 Å². The van der Waals surface area contributed by atoms with Crippen molar-refractivity contribution in [2.45, 2.75) is 17.4 Å². The summed E-state index contributed by atoms with van der Waals surface area (Å²) in [4.78, 5) is -0.377. The monoisotopic (exact) mass is 295 g/mol. The summed E-state index contributed by atoms with van der Waals surface area (Å²) in [5, 5.41) is 0. The predicted octanol–water partition coefficient (Wildman–Crippen LogP) is 1.75. The van der Waals surface area contributed by atoms with Gasteiger partial charge in [-0.25, -0.2) is 17.5 Å². The third kappa shape index (κ3) is 4.20. The Morgan fingerprint density at radius 1 is 1.44 bits per heavy atom. The standard InChI is InChI=1S/C11H15ClFNO3S/c1-17-7-6-9(8-12)14-18(15,16)11-5-3-2-4-10(11)13/h2-5,9,14H,6-8H2,1H3. The van der Waals surface area contributed by atoms with Crippen molar-refractivity contribution < 1.29 is 17.5 Å². The van der Waals surface area contributed by atoms with Crippen LogP contribution in [0.1, 0.15) is 6.42 Å². The van der Waals surface area contributed by atoms with Crippen molar-refractivity contribution in [2.24, 2.45) is 0 Å².